The normalized spacial score (nSPS) is 17.9. The van der Waals surface area contributed by atoms with E-state index in [0.717, 1.165) is 61.8 Å². The predicted molar refractivity (Wildman–Crippen MR) is 130 cm³/mol. The minimum atomic E-state index is -0.409. The van der Waals surface area contributed by atoms with Crippen LogP contribution in [-0.2, 0) is 16.7 Å². The minimum absolute atomic E-state index is 0.0506. The Morgan fingerprint density at radius 2 is 1.94 bits per heavy atom. The van der Waals surface area contributed by atoms with E-state index in [1.807, 2.05) is 24.3 Å². The van der Waals surface area contributed by atoms with Crippen LogP contribution < -0.4 is 16.0 Å². The van der Waals surface area contributed by atoms with E-state index in [2.05, 4.69) is 45.5 Å². The summed E-state index contributed by atoms with van der Waals surface area (Å²) < 4.78 is 6.18. The van der Waals surface area contributed by atoms with Gasteiger partial charge in [0.15, 0.2) is 0 Å². The smallest absolute Gasteiger partial charge is 0.319 e. The van der Waals surface area contributed by atoms with Gasteiger partial charge >= 0.3 is 6.03 Å². The second kappa shape index (κ2) is 11.7. The van der Waals surface area contributed by atoms with E-state index in [-0.39, 0.29) is 5.54 Å². The van der Waals surface area contributed by atoms with E-state index in [1.165, 1.54) is 17.5 Å². The Bertz CT molecular complexity index is 843. The van der Waals surface area contributed by atoms with Gasteiger partial charge in [0.2, 0.25) is 0 Å². The number of fused-ring (bicyclic) bond motifs is 1. The van der Waals surface area contributed by atoms with Crippen LogP contribution in [0.3, 0.4) is 0 Å². The zero-order chi connectivity index (χ0) is 22.1. The van der Waals surface area contributed by atoms with E-state index in [4.69, 9.17) is 10.5 Å². The Labute approximate surface area is 194 Å². The lowest BCUT2D eigenvalue weighted by Gasteiger charge is -2.41. The van der Waals surface area contributed by atoms with E-state index < -0.39 is 6.03 Å². The standard InChI is InChI=1S/C25H34BrN3O2/c1-31-19-5-4-17-28-25(15-6-9-20-8-2-3-10-23(20)25)16-7-18-29(24(27)30)22-13-11-21(26)12-14-22/h2-3,8,10-14,28H,4-7,9,15-19H2,1H3,(H2,27,30)/t25-/m1/s1. The molecule has 0 spiro atoms. The van der Waals surface area contributed by atoms with Crippen LogP contribution in [0.5, 0.6) is 0 Å². The van der Waals surface area contributed by atoms with Crippen LogP contribution in [0.4, 0.5) is 10.5 Å². The van der Waals surface area contributed by atoms with Crippen LogP contribution >= 0.6 is 15.9 Å². The highest BCUT2D eigenvalue weighted by Crippen LogP contribution is 2.39. The van der Waals surface area contributed by atoms with Gasteiger partial charge in [-0.05, 0) is 86.9 Å². The molecule has 0 radical (unpaired) electrons. The molecule has 0 fully saturated rings. The number of anilines is 1. The number of carbonyl (C=O) groups excluding carboxylic acids is 1. The molecule has 1 aliphatic carbocycles. The Morgan fingerprint density at radius 1 is 1.16 bits per heavy atom. The molecule has 0 saturated heterocycles. The second-order valence-electron chi connectivity index (χ2n) is 8.29. The molecule has 0 bridgehead atoms. The number of rotatable bonds is 11. The number of amides is 2. The number of hydrogen-bond donors (Lipinski definition) is 2. The summed E-state index contributed by atoms with van der Waals surface area (Å²) in [6.07, 6.45) is 7.41. The van der Waals surface area contributed by atoms with Crippen LogP contribution in [0.15, 0.2) is 53.0 Å². The van der Waals surface area contributed by atoms with Crippen LogP contribution in [-0.4, -0.2) is 32.8 Å². The van der Waals surface area contributed by atoms with Gasteiger partial charge in [-0.2, -0.15) is 0 Å². The summed E-state index contributed by atoms with van der Waals surface area (Å²) in [5.74, 6) is 0. The van der Waals surface area contributed by atoms with Crippen molar-refractivity contribution < 1.29 is 9.53 Å². The third kappa shape index (κ3) is 6.31. The molecule has 6 heteroatoms. The average molecular weight is 488 g/mol. The maximum atomic E-state index is 12.1. The number of nitrogens with two attached hydrogens (primary N) is 1. The summed E-state index contributed by atoms with van der Waals surface area (Å²) in [4.78, 5) is 13.8. The van der Waals surface area contributed by atoms with Gasteiger partial charge in [-0.3, -0.25) is 4.90 Å². The number of primary amides is 1. The highest BCUT2D eigenvalue weighted by Gasteiger charge is 2.35. The summed E-state index contributed by atoms with van der Waals surface area (Å²) in [7, 11) is 1.75. The Morgan fingerprint density at radius 3 is 2.68 bits per heavy atom. The molecule has 3 N–H and O–H groups in total. The quantitative estimate of drug-likeness (QED) is 0.419. The first-order valence-corrected chi connectivity index (χ1v) is 12.0. The summed E-state index contributed by atoms with van der Waals surface area (Å²) in [5, 5.41) is 3.90. The van der Waals surface area contributed by atoms with E-state index in [0.29, 0.717) is 6.54 Å². The SMILES string of the molecule is COCCCCN[C@@]1(CCCN(C(N)=O)c2ccc(Br)cc2)CCCc2ccccc21. The molecule has 2 aromatic rings. The van der Waals surface area contributed by atoms with Gasteiger partial charge < -0.3 is 15.8 Å². The predicted octanol–water partition coefficient (Wildman–Crippen LogP) is 5.36. The van der Waals surface area contributed by atoms with Gasteiger partial charge in [0.05, 0.1) is 0 Å². The molecule has 168 valence electrons. The van der Waals surface area contributed by atoms with Crippen LogP contribution in [0, 0.1) is 0 Å². The first-order chi connectivity index (χ1) is 15.1. The van der Waals surface area contributed by atoms with Gasteiger partial charge in [-0.15, -0.1) is 0 Å². The molecule has 0 unspecified atom stereocenters. The fourth-order valence-electron chi connectivity index (χ4n) is 4.68. The minimum Gasteiger partial charge on any atom is -0.385 e. The number of benzene rings is 2. The molecule has 1 aliphatic rings. The number of aryl methyl sites for hydroxylation is 1. The van der Waals surface area contributed by atoms with Crippen molar-refractivity contribution in [3.63, 3.8) is 0 Å². The summed E-state index contributed by atoms with van der Waals surface area (Å²) in [6.45, 7) is 2.36. The lowest BCUT2D eigenvalue weighted by molar-refractivity contribution is 0.188. The van der Waals surface area contributed by atoms with Crippen LogP contribution in [0.25, 0.3) is 0 Å². The van der Waals surface area contributed by atoms with Gasteiger partial charge in [0.25, 0.3) is 0 Å². The molecule has 31 heavy (non-hydrogen) atoms. The maximum absolute atomic E-state index is 12.1. The summed E-state index contributed by atoms with van der Waals surface area (Å²) in [5.41, 5.74) is 9.36. The topological polar surface area (TPSA) is 67.6 Å². The molecule has 0 heterocycles. The molecule has 2 amide bonds. The number of nitrogens with one attached hydrogen (secondary N) is 1. The molecule has 0 aliphatic heterocycles. The lowest BCUT2D eigenvalue weighted by atomic mass is 9.73. The van der Waals surface area contributed by atoms with E-state index in [1.54, 1.807) is 12.0 Å². The van der Waals surface area contributed by atoms with Crippen molar-refractivity contribution in [3.8, 4) is 0 Å². The molecular weight excluding hydrogens is 454 g/mol. The zero-order valence-corrected chi connectivity index (χ0v) is 20.0. The third-order valence-electron chi connectivity index (χ3n) is 6.21. The van der Waals surface area contributed by atoms with E-state index in [9.17, 15) is 4.79 Å². The molecule has 2 aromatic carbocycles. The van der Waals surface area contributed by atoms with Crippen molar-refractivity contribution in [1.29, 1.82) is 0 Å². The fraction of sp³-hybridized carbons (Fsp3) is 0.480. The van der Waals surface area contributed by atoms with Crippen LogP contribution in [0.1, 0.15) is 49.7 Å². The van der Waals surface area contributed by atoms with Gasteiger partial charge in [-0.25, -0.2) is 4.79 Å². The van der Waals surface area contributed by atoms with Crippen LogP contribution in [0.2, 0.25) is 0 Å². The van der Waals surface area contributed by atoms with Crippen molar-refractivity contribution >= 4 is 27.6 Å². The number of halogens is 1. The Balaban J connectivity index is 1.71. The maximum Gasteiger partial charge on any atom is 0.319 e. The molecule has 5 nitrogen and oxygen atoms in total. The molecule has 0 saturated carbocycles. The van der Waals surface area contributed by atoms with Crippen molar-refractivity contribution in [2.75, 3.05) is 31.7 Å². The summed E-state index contributed by atoms with van der Waals surface area (Å²) >= 11 is 3.45. The second-order valence-corrected chi connectivity index (χ2v) is 9.21. The first-order valence-electron chi connectivity index (χ1n) is 11.2. The number of unbranched alkanes of at least 4 members (excludes halogenated alkanes) is 1. The Hall–Kier alpha value is -1.89. The highest BCUT2D eigenvalue weighted by molar-refractivity contribution is 9.10. The lowest BCUT2D eigenvalue weighted by Crippen LogP contribution is -2.46. The Kier molecular flexibility index (Phi) is 8.93. The molecule has 0 aromatic heterocycles. The first kappa shape index (κ1) is 23.8. The summed E-state index contributed by atoms with van der Waals surface area (Å²) in [6, 6.07) is 16.1. The number of nitrogens with zero attached hydrogens (tertiary/aromatic N) is 1. The fourth-order valence-corrected chi connectivity index (χ4v) is 4.94. The third-order valence-corrected chi connectivity index (χ3v) is 6.74. The van der Waals surface area contributed by atoms with Crippen molar-refractivity contribution in [1.82, 2.24) is 5.32 Å². The van der Waals surface area contributed by atoms with Crippen molar-refractivity contribution in [2.45, 2.75) is 50.5 Å². The van der Waals surface area contributed by atoms with Gasteiger partial charge in [0, 0.05) is 36.0 Å². The highest BCUT2D eigenvalue weighted by atomic mass is 79.9. The van der Waals surface area contributed by atoms with Gasteiger partial charge in [-0.1, -0.05) is 40.2 Å². The monoisotopic (exact) mass is 487 g/mol. The van der Waals surface area contributed by atoms with Gasteiger partial charge in [0.1, 0.15) is 0 Å². The number of methoxy groups -OCH3 is 1. The molecule has 3 rings (SSSR count). The number of hydrogen-bond acceptors (Lipinski definition) is 3. The molecular formula is C25H34BrN3O2. The van der Waals surface area contributed by atoms with Crippen molar-refractivity contribution in [3.05, 3.63) is 64.1 Å². The number of urea groups is 1. The van der Waals surface area contributed by atoms with Crippen molar-refractivity contribution in [2.24, 2.45) is 5.73 Å². The average Bonchev–Trinajstić information content (AvgIpc) is 2.77. The number of carbonyl (C=O) groups is 1. The van der Waals surface area contributed by atoms with E-state index >= 15 is 0 Å². The largest absolute Gasteiger partial charge is 0.385 e. The number of ether oxygens (including phenoxy) is 1. The molecule has 1 atom stereocenters. The zero-order valence-electron chi connectivity index (χ0n) is 18.4.